The van der Waals surface area contributed by atoms with Crippen LogP contribution in [0.1, 0.15) is 18.9 Å². The lowest BCUT2D eigenvalue weighted by Crippen LogP contribution is -2.38. The molecule has 0 spiro atoms. The highest BCUT2D eigenvalue weighted by Crippen LogP contribution is 2.30. The van der Waals surface area contributed by atoms with Crippen molar-refractivity contribution in [3.05, 3.63) is 33.3 Å². The van der Waals surface area contributed by atoms with E-state index in [-0.39, 0.29) is 0 Å². The lowest BCUT2D eigenvalue weighted by atomic mass is 9.93. The van der Waals surface area contributed by atoms with Crippen LogP contribution in [-0.2, 0) is 6.42 Å². The molecule has 1 fully saturated rings. The molecule has 1 aliphatic rings. The standard InChI is InChI=1S/C14H19BrClNS/c1-2-17-14(11-5-6-18-9-11)7-10-3-4-12(15)8-13(10)16/h3-4,8,11,14,17H,2,5-7,9H2,1H3. The Morgan fingerprint density at radius 3 is 3.00 bits per heavy atom. The average molecular weight is 349 g/mol. The fraction of sp³-hybridized carbons (Fsp3) is 0.571. The van der Waals surface area contributed by atoms with Crippen LogP contribution >= 0.6 is 39.3 Å². The second-order valence-electron chi connectivity index (χ2n) is 4.73. The maximum Gasteiger partial charge on any atom is 0.0449 e. The van der Waals surface area contributed by atoms with E-state index in [0.717, 1.165) is 28.4 Å². The summed E-state index contributed by atoms with van der Waals surface area (Å²) in [6.45, 7) is 3.21. The van der Waals surface area contributed by atoms with Crippen LogP contribution in [0.15, 0.2) is 22.7 Å². The van der Waals surface area contributed by atoms with E-state index in [2.05, 4.69) is 52.1 Å². The van der Waals surface area contributed by atoms with Gasteiger partial charge in [0.15, 0.2) is 0 Å². The fourth-order valence-electron chi connectivity index (χ4n) is 2.46. The van der Waals surface area contributed by atoms with Crippen molar-refractivity contribution in [3.8, 4) is 0 Å². The molecule has 0 amide bonds. The number of benzene rings is 1. The lowest BCUT2D eigenvalue weighted by Gasteiger charge is -2.24. The van der Waals surface area contributed by atoms with Gasteiger partial charge in [-0.15, -0.1) is 0 Å². The first-order valence-electron chi connectivity index (χ1n) is 6.45. The van der Waals surface area contributed by atoms with E-state index in [1.807, 2.05) is 6.07 Å². The number of halogens is 2. The monoisotopic (exact) mass is 347 g/mol. The molecule has 2 atom stereocenters. The number of hydrogen-bond acceptors (Lipinski definition) is 2. The summed E-state index contributed by atoms with van der Waals surface area (Å²) in [6.07, 6.45) is 2.36. The van der Waals surface area contributed by atoms with Gasteiger partial charge in [0.1, 0.15) is 0 Å². The predicted molar refractivity (Wildman–Crippen MR) is 85.8 cm³/mol. The molecule has 2 unspecified atom stereocenters. The van der Waals surface area contributed by atoms with Gasteiger partial charge >= 0.3 is 0 Å². The van der Waals surface area contributed by atoms with Gasteiger partial charge in [-0.2, -0.15) is 11.8 Å². The minimum absolute atomic E-state index is 0.559. The molecule has 2 rings (SSSR count). The number of nitrogens with one attached hydrogen (secondary N) is 1. The SMILES string of the molecule is CCNC(Cc1ccc(Br)cc1Cl)C1CCSC1. The van der Waals surface area contributed by atoms with Gasteiger partial charge < -0.3 is 5.32 Å². The van der Waals surface area contributed by atoms with Crippen molar-refractivity contribution in [1.82, 2.24) is 5.32 Å². The van der Waals surface area contributed by atoms with E-state index in [9.17, 15) is 0 Å². The van der Waals surface area contributed by atoms with E-state index in [1.54, 1.807) is 0 Å². The van der Waals surface area contributed by atoms with Gasteiger partial charge in [-0.25, -0.2) is 0 Å². The van der Waals surface area contributed by atoms with Crippen molar-refractivity contribution in [3.63, 3.8) is 0 Å². The molecule has 1 aromatic carbocycles. The van der Waals surface area contributed by atoms with Crippen LogP contribution in [0, 0.1) is 5.92 Å². The summed E-state index contributed by atoms with van der Waals surface area (Å²) < 4.78 is 1.05. The molecule has 1 heterocycles. The summed E-state index contributed by atoms with van der Waals surface area (Å²) >= 11 is 11.8. The molecule has 0 saturated carbocycles. The van der Waals surface area contributed by atoms with Crippen LogP contribution < -0.4 is 5.32 Å². The van der Waals surface area contributed by atoms with Gasteiger partial charge in [0.2, 0.25) is 0 Å². The Bertz CT molecular complexity index is 393. The van der Waals surface area contributed by atoms with Crippen molar-refractivity contribution in [2.24, 2.45) is 5.92 Å². The quantitative estimate of drug-likeness (QED) is 0.847. The Balaban J connectivity index is 2.07. The molecule has 0 radical (unpaired) electrons. The molecule has 100 valence electrons. The molecule has 0 aromatic heterocycles. The number of likely N-dealkylation sites (N-methyl/N-ethyl adjacent to an activating group) is 1. The molecular weight excluding hydrogens is 330 g/mol. The highest BCUT2D eigenvalue weighted by molar-refractivity contribution is 9.10. The van der Waals surface area contributed by atoms with Gasteiger partial charge in [0.25, 0.3) is 0 Å². The Labute approximate surface area is 127 Å². The van der Waals surface area contributed by atoms with E-state index >= 15 is 0 Å². The van der Waals surface area contributed by atoms with Crippen molar-refractivity contribution < 1.29 is 0 Å². The molecule has 4 heteroatoms. The van der Waals surface area contributed by atoms with Crippen LogP contribution in [0.3, 0.4) is 0 Å². The maximum absolute atomic E-state index is 6.32. The molecule has 1 aliphatic heterocycles. The van der Waals surface area contributed by atoms with E-state index in [4.69, 9.17) is 11.6 Å². The van der Waals surface area contributed by atoms with Crippen LogP contribution in [-0.4, -0.2) is 24.1 Å². The average Bonchev–Trinajstić information content (AvgIpc) is 2.85. The first kappa shape index (κ1) is 14.7. The minimum atomic E-state index is 0.559. The number of hydrogen-bond donors (Lipinski definition) is 1. The van der Waals surface area contributed by atoms with Gasteiger partial charge in [-0.05, 0) is 54.5 Å². The van der Waals surface area contributed by atoms with Crippen molar-refractivity contribution >= 4 is 39.3 Å². The Kier molecular flexibility index (Phi) is 5.87. The van der Waals surface area contributed by atoms with E-state index < -0.39 is 0 Å². The zero-order valence-corrected chi connectivity index (χ0v) is 13.7. The number of rotatable bonds is 5. The van der Waals surface area contributed by atoms with Crippen molar-refractivity contribution in [1.29, 1.82) is 0 Å². The van der Waals surface area contributed by atoms with Crippen LogP contribution in [0.5, 0.6) is 0 Å². The van der Waals surface area contributed by atoms with Gasteiger partial charge in [0, 0.05) is 15.5 Å². The van der Waals surface area contributed by atoms with Gasteiger partial charge in [-0.1, -0.05) is 40.5 Å². The molecule has 1 aromatic rings. The summed E-state index contributed by atoms with van der Waals surface area (Å²) in [5.41, 5.74) is 1.25. The van der Waals surface area contributed by atoms with Gasteiger partial charge in [-0.3, -0.25) is 0 Å². The third kappa shape index (κ3) is 3.89. The van der Waals surface area contributed by atoms with Crippen LogP contribution in [0.4, 0.5) is 0 Å². The number of thioether (sulfide) groups is 1. The summed E-state index contributed by atoms with van der Waals surface area (Å²) in [6, 6.07) is 6.76. The molecule has 18 heavy (non-hydrogen) atoms. The summed E-state index contributed by atoms with van der Waals surface area (Å²) in [5, 5.41) is 4.50. The third-order valence-corrected chi connectivity index (χ3v) is 5.49. The summed E-state index contributed by atoms with van der Waals surface area (Å²) in [5.74, 6) is 3.38. The molecule has 1 saturated heterocycles. The Morgan fingerprint density at radius 2 is 2.39 bits per heavy atom. The fourth-order valence-corrected chi connectivity index (χ4v) is 4.55. The Morgan fingerprint density at radius 1 is 1.56 bits per heavy atom. The first-order chi connectivity index (χ1) is 8.70. The Hall–Kier alpha value is 0.300. The topological polar surface area (TPSA) is 12.0 Å². The summed E-state index contributed by atoms with van der Waals surface area (Å²) in [4.78, 5) is 0. The highest BCUT2D eigenvalue weighted by Gasteiger charge is 2.25. The largest absolute Gasteiger partial charge is 0.314 e. The highest BCUT2D eigenvalue weighted by atomic mass is 79.9. The zero-order chi connectivity index (χ0) is 13.0. The van der Waals surface area contributed by atoms with Crippen LogP contribution in [0.2, 0.25) is 5.02 Å². The molecule has 1 N–H and O–H groups in total. The molecule has 0 bridgehead atoms. The van der Waals surface area contributed by atoms with Crippen molar-refractivity contribution in [2.75, 3.05) is 18.1 Å². The normalized spacial score (nSPS) is 21.2. The first-order valence-corrected chi connectivity index (χ1v) is 8.78. The second-order valence-corrected chi connectivity index (χ2v) is 7.20. The van der Waals surface area contributed by atoms with E-state index in [0.29, 0.717) is 6.04 Å². The zero-order valence-electron chi connectivity index (χ0n) is 10.6. The van der Waals surface area contributed by atoms with E-state index in [1.165, 1.54) is 23.5 Å². The molecule has 1 nitrogen and oxygen atoms in total. The van der Waals surface area contributed by atoms with Crippen molar-refractivity contribution in [2.45, 2.75) is 25.8 Å². The minimum Gasteiger partial charge on any atom is -0.314 e. The van der Waals surface area contributed by atoms with Gasteiger partial charge in [0.05, 0.1) is 0 Å². The molecule has 0 aliphatic carbocycles. The summed E-state index contributed by atoms with van der Waals surface area (Å²) in [7, 11) is 0. The lowest BCUT2D eigenvalue weighted by molar-refractivity contribution is 0.387. The third-order valence-electron chi connectivity index (χ3n) is 3.46. The second kappa shape index (κ2) is 7.18. The molecular formula is C14H19BrClNS. The maximum atomic E-state index is 6.32. The smallest absolute Gasteiger partial charge is 0.0449 e. The van der Waals surface area contributed by atoms with Crippen LogP contribution in [0.25, 0.3) is 0 Å². The predicted octanol–water partition coefficient (Wildman–Crippen LogP) is 4.38.